The van der Waals surface area contributed by atoms with Gasteiger partial charge in [-0.15, -0.1) is 0 Å². The topological polar surface area (TPSA) is 208 Å². The van der Waals surface area contributed by atoms with Gasteiger partial charge in [-0.3, -0.25) is 23.2 Å². The number of carbonyl (C=O) groups excluding carboxylic acids is 2. The molecule has 368 valence electrons. The maximum atomic E-state index is 12.7. The lowest BCUT2D eigenvalue weighted by atomic mass is 9.99. The van der Waals surface area contributed by atoms with E-state index >= 15 is 0 Å². The summed E-state index contributed by atoms with van der Waals surface area (Å²) in [5, 5.41) is 9.77. The molecule has 0 aromatic carbocycles. The van der Waals surface area contributed by atoms with Crippen molar-refractivity contribution < 1.29 is 66.3 Å². The smallest absolute Gasteiger partial charge is 0.462 e. The van der Waals surface area contributed by atoms with Crippen molar-refractivity contribution in [1.29, 1.82) is 0 Å². The Morgan fingerprint density at radius 1 is 0.603 bits per heavy atom. The number of aliphatic hydroxyl groups is 1. The van der Waals surface area contributed by atoms with Crippen molar-refractivity contribution in [3.63, 3.8) is 0 Å². The lowest BCUT2D eigenvalue weighted by Crippen LogP contribution is -2.30. The van der Waals surface area contributed by atoms with Gasteiger partial charge in [0.1, 0.15) is 12.7 Å². The monoisotopic (exact) mass is 937 g/mol. The van der Waals surface area contributed by atoms with Crippen LogP contribution in [0.15, 0.2) is 36.5 Å². The standard InChI is InChI=1S/C47H86O14P2/c1-4-6-7-8-9-16-20-23-28-33-44-45(61-44)34-29-25-26-30-35-46(49)56-39-43(40-59-63(54,55)58-38-42(48)37-57-62(51,52)53)60-47(50)36-31-24-21-18-15-13-11-10-12-14-17-19-22-27-32-41(3)5-2/h9,16,23,25,28-29,41-45,48H,4-8,10-15,17-22,24,26-27,30-40H2,1-3H3,(H,54,55)(H2,51,52,53)/b16-9-,28-23-,29-25-/t41?,42-,43+,44?,45?/m0/s1. The van der Waals surface area contributed by atoms with Crippen molar-refractivity contribution in [2.24, 2.45) is 5.92 Å². The fourth-order valence-corrected chi connectivity index (χ4v) is 7.93. The Balaban J connectivity index is 2.36. The number of carbonyl (C=O) groups is 2. The van der Waals surface area contributed by atoms with E-state index in [9.17, 15) is 28.7 Å². The Bertz CT molecular complexity index is 1330. The molecule has 0 aliphatic carbocycles. The molecule has 0 bridgehead atoms. The lowest BCUT2D eigenvalue weighted by Gasteiger charge is -2.20. The molecule has 4 N–H and O–H groups in total. The van der Waals surface area contributed by atoms with E-state index in [1.807, 2.05) is 6.08 Å². The maximum Gasteiger partial charge on any atom is 0.472 e. The zero-order valence-electron chi connectivity index (χ0n) is 39.0. The highest BCUT2D eigenvalue weighted by Crippen LogP contribution is 2.44. The van der Waals surface area contributed by atoms with E-state index in [2.05, 4.69) is 55.7 Å². The zero-order valence-corrected chi connectivity index (χ0v) is 40.8. The first-order chi connectivity index (χ1) is 30.2. The molecule has 4 unspecified atom stereocenters. The van der Waals surface area contributed by atoms with Crippen molar-refractivity contribution in [1.82, 2.24) is 0 Å². The molecule has 1 saturated heterocycles. The van der Waals surface area contributed by atoms with Crippen LogP contribution in [0.1, 0.15) is 194 Å². The van der Waals surface area contributed by atoms with Crippen LogP contribution in [0.2, 0.25) is 0 Å². The van der Waals surface area contributed by atoms with Crippen molar-refractivity contribution in [2.45, 2.75) is 219 Å². The molecule has 1 heterocycles. The van der Waals surface area contributed by atoms with Gasteiger partial charge in [0.2, 0.25) is 0 Å². The number of phosphoric ester groups is 2. The molecule has 0 aromatic rings. The van der Waals surface area contributed by atoms with E-state index < -0.39 is 66.2 Å². The highest BCUT2D eigenvalue weighted by Gasteiger charge is 2.36. The maximum absolute atomic E-state index is 12.7. The predicted molar refractivity (Wildman–Crippen MR) is 248 cm³/mol. The van der Waals surface area contributed by atoms with Crippen LogP contribution in [0.25, 0.3) is 0 Å². The normalized spacial score (nSPS) is 18.0. The van der Waals surface area contributed by atoms with Gasteiger partial charge in [0.05, 0.1) is 32.0 Å². The SMILES string of the molecule is CCCCC/C=C\C/C=C\CC1OC1C/C=C\CCCC(=O)OC[C@H](COP(=O)(O)OC[C@@H](O)COP(=O)(O)O)OC(=O)CCCCCCCCCCCCCCCCC(C)CC. The largest absolute Gasteiger partial charge is 0.472 e. The fourth-order valence-electron chi connectivity index (χ4n) is 6.77. The number of hydrogen-bond acceptors (Lipinski definition) is 11. The summed E-state index contributed by atoms with van der Waals surface area (Å²) in [7, 11) is -9.70. The second kappa shape index (κ2) is 38.4. The summed E-state index contributed by atoms with van der Waals surface area (Å²) >= 11 is 0. The van der Waals surface area contributed by atoms with Gasteiger partial charge in [0.15, 0.2) is 6.10 Å². The summed E-state index contributed by atoms with van der Waals surface area (Å²) in [4.78, 5) is 52.9. The van der Waals surface area contributed by atoms with Gasteiger partial charge in [-0.05, 0) is 57.3 Å². The van der Waals surface area contributed by atoms with Gasteiger partial charge < -0.3 is 34.0 Å². The van der Waals surface area contributed by atoms with Crippen LogP contribution in [-0.2, 0) is 46.5 Å². The first-order valence-corrected chi connectivity index (χ1v) is 27.2. The number of rotatable bonds is 44. The van der Waals surface area contributed by atoms with E-state index in [1.165, 1.54) is 96.3 Å². The summed E-state index contributed by atoms with van der Waals surface area (Å²) in [6.45, 7) is 4.04. The molecule has 0 aromatic heterocycles. The van der Waals surface area contributed by atoms with Crippen LogP contribution < -0.4 is 0 Å². The molecule has 14 nitrogen and oxygen atoms in total. The minimum atomic E-state index is -4.87. The summed E-state index contributed by atoms with van der Waals surface area (Å²) in [6.07, 6.45) is 38.7. The van der Waals surface area contributed by atoms with Crippen molar-refractivity contribution in [3.05, 3.63) is 36.5 Å². The van der Waals surface area contributed by atoms with Gasteiger partial charge in [0.25, 0.3) is 0 Å². The molecular formula is C47H86O14P2. The minimum Gasteiger partial charge on any atom is -0.462 e. The number of aliphatic hydroxyl groups excluding tert-OH is 1. The van der Waals surface area contributed by atoms with Gasteiger partial charge >= 0.3 is 27.6 Å². The summed E-state index contributed by atoms with van der Waals surface area (Å²) < 4.78 is 53.6. The van der Waals surface area contributed by atoms with Gasteiger partial charge in [-0.1, -0.05) is 166 Å². The third-order valence-corrected chi connectivity index (χ3v) is 12.4. The highest BCUT2D eigenvalue weighted by molar-refractivity contribution is 7.47. The Kier molecular flexibility index (Phi) is 36.2. The molecule has 1 aliphatic rings. The summed E-state index contributed by atoms with van der Waals surface area (Å²) in [5.74, 6) is -0.242. The van der Waals surface area contributed by atoms with E-state index in [0.29, 0.717) is 19.3 Å². The molecule has 1 fully saturated rings. The van der Waals surface area contributed by atoms with Crippen LogP contribution in [0, 0.1) is 5.92 Å². The first-order valence-electron chi connectivity index (χ1n) is 24.2. The number of unbranched alkanes of at least 4 members (excludes halogenated alkanes) is 17. The number of hydrogen-bond donors (Lipinski definition) is 4. The second-order valence-electron chi connectivity index (χ2n) is 17.0. The predicted octanol–water partition coefficient (Wildman–Crippen LogP) is 11.7. The Hall–Kier alpha value is -1.70. The number of phosphoric acid groups is 2. The molecule has 0 spiro atoms. The summed E-state index contributed by atoms with van der Waals surface area (Å²) in [5.41, 5.74) is 0. The molecule has 6 atom stereocenters. The molecule has 1 aliphatic heterocycles. The van der Waals surface area contributed by atoms with E-state index in [1.54, 1.807) is 0 Å². The molecule has 0 amide bonds. The molecular weight excluding hydrogens is 850 g/mol. The average molecular weight is 937 g/mol. The van der Waals surface area contributed by atoms with Crippen LogP contribution in [0.5, 0.6) is 0 Å². The molecule has 0 radical (unpaired) electrons. The third kappa shape index (κ3) is 39.2. The number of esters is 2. The number of epoxide rings is 1. The van der Waals surface area contributed by atoms with E-state index in [4.69, 9.17) is 33.0 Å². The van der Waals surface area contributed by atoms with Crippen LogP contribution in [0.3, 0.4) is 0 Å². The van der Waals surface area contributed by atoms with Crippen LogP contribution in [-0.4, -0.2) is 82.6 Å². The van der Waals surface area contributed by atoms with Crippen LogP contribution >= 0.6 is 15.6 Å². The third-order valence-electron chi connectivity index (χ3n) is 11.0. The molecule has 0 saturated carbocycles. The molecule has 16 heteroatoms. The first kappa shape index (κ1) is 59.3. The Morgan fingerprint density at radius 2 is 1.11 bits per heavy atom. The molecule has 63 heavy (non-hydrogen) atoms. The van der Waals surface area contributed by atoms with Gasteiger partial charge in [0, 0.05) is 12.8 Å². The van der Waals surface area contributed by atoms with Crippen molar-refractivity contribution in [3.8, 4) is 0 Å². The summed E-state index contributed by atoms with van der Waals surface area (Å²) in [6, 6.07) is 0. The van der Waals surface area contributed by atoms with E-state index in [-0.39, 0.29) is 25.0 Å². The second-order valence-corrected chi connectivity index (χ2v) is 19.7. The highest BCUT2D eigenvalue weighted by atomic mass is 31.2. The van der Waals surface area contributed by atoms with Gasteiger partial charge in [-0.2, -0.15) is 0 Å². The van der Waals surface area contributed by atoms with Crippen LogP contribution in [0.4, 0.5) is 0 Å². The Labute approximate surface area is 380 Å². The van der Waals surface area contributed by atoms with Crippen molar-refractivity contribution in [2.75, 3.05) is 26.4 Å². The lowest BCUT2D eigenvalue weighted by molar-refractivity contribution is -0.161. The van der Waals surface area contributed by atoms with Crippen molar-refractivity contribution >= 4 is 27.6 Å². The quantitative estimate of drug-likeness (QED) is 0.0147. The number of allylic oxidation sites excluding steroid dienone is 4. The fraction of sp³-hybridized carbons (Fsp3) is 0.830. The Morgan fingerprint density at radius 3 is 1.71 bits per heavy atom. The minimum absolute atomic E-state index is 0.112. The average Bonchev–Trinajstić information content (AvgIpc) is 4.00. The zero-order chi connectivity index (χ0) is 46.4. The number of ether oxygens (including phenoxy) is 3. The van der Waals surface area contributed by atoms with E-state index in [0.717, 1.165) is 50.9 Å². The van der Waals surface area contributed by atoms with Gasteiger partial charge in [-0.25, -0.2) is 9.13 Å². The molecule has 1 rings (SSSR count).